The van der Waals surface area contributed by atoms with E-state index in [2.05, 4.69) is 11.4 Å². The van der Waals surface area contributed by atoms with Crippen LogP contribution in [0.5, 0.6) is 5.75 Å². The zero-order valence-corrected chi connectivity index (χ0v) is 18.9. The summed E-state index contributed by atoms with van der Waals surface area (Å²) < 4.78 is 5.42. The Morgan fingerprint density at radius 2 is 1.97 bits per heavy atom. The highest BCUT2D eigenvalue weighted by Crippen LogP contribution is 2.42. The largest absolute Gasteiger partial charge is 0.496 e. The quantitative estimate of drug-likeness (QED) is 0.754. The lowest BCUT2D eigenvalue weighted by molar-refractivity contribution is -0.120. The molecule has 2 fully saturated rings. The Balaban J connectivity index is 1.66. The molecule has 1 aromatic heterocycles. The van der Waals surface area contributed by atoms with Gasteiger partial charge in [0, 0.05) is 10.9 Å². The van der Waals surface area contributed by atoms with E-state index in [1.54, 1.807) is 24.1 Å². The van der Waals surface area contributed by atoms with E-state index >= 15 is 0 Å². The van der Waals surface area contributed by atoms with E-state index in [4.69, 9.17) is 4.74 Å². The molecule has 0 bridgehead atoms. The lowest BCUT2D eigenvalue weighted by atomic mass is 9.84. The van der Waals surface area contributed by atoms with E-state index in [0.29, 0.717) is 34.2 Å². The smallest absolute Gasteiger partial charge is 0.258 e. The highest BCUT2D eigenvalue weighted by molar-refractivity contribution is 7.16. The van der Waals surface area contributed by atoms with Crippen molar-refractivity contribution >= 4 is 28.2 Å². The summed E-state index contributed by atoms with van der Waals surface area (Å²) in [5, 5.41) is 13.1. The van der Waals surface area contributed by atoms with Gasteiger partial charge in [-0.3, -0.25) is 9.59 Å². The molecule has 1 aliphatic carbocycles. The molecule has 1 aliphatic heterocycles. The van der Waals surface area contributed by atoms with Gasteiger partial charge in [0.1, 0.15) is 22.9 Å². The first kappa shape index (κ1) is 21.4. The summed E-state index contributed by atoms with van der Waals surface area (Å²) in [6.45, 7) is 3.83. The van der Waals surface area contributed by atoms with Crippen molar-refractivity contribution in [2.75, 3.05) is 12.4 Å². The molecule has 0 spiro atoms. The molecule has 2 aromatic rings. The molecule has 7 heteroatoms. The average molecular weight is 438 g/mol. The van der Waals surface area contributed by atoms with Crippen molar-refractivity contribution in [2.24, 2.45) is 5.92 Å². The third-order valence-electron chi connectivity index (χ3n) is 6.70. The van der Waals surface area contributed by atoms with E-state index in [0.717, 1.165) is 36.1 Å². The number of nitriles is 1. The molecule has 31 heavy (non-hydrogen) atoms. The molecule has 6 nitrogen and oxygen atoms in total. The van der Waals surface area contributed by atoms with Crippen molar-refractivity contribution < 1.29 is 14.3 Å². The molecule has 1 saturated carbocycles. The number of hydrogen-bond acceptors (Lipinski definition) is 5. The van der Waals surface area contributed by atoms with E-state index in [1.807, 2.05) is 26.0 Å². The Kier molecular flexibility index (Phi) is 6.01. The molecule has 0 radical (unpaired) electrons. The number of rotatable bonds is 4. The molecular weight excluding hydrogens is 410 g/mol. The van der Waals surface area contributed by atoms with Crippen LogP contribution >= 0.6 is 11.3 Å². The molecule has 1 N–H and O–H groups in total. The van der Waals surface area contributed by atoms with Crippen molar-refractivity contribution in [1.29, 1.82) is 5.26 Å². The first-order valence-electron chi connectivity index (χ1n) is 10.7. The summed E-state index contributed by atoms with van der Waals surface area (Å²) in [5.74, 6) is 0.467. The van der Waals surface area contributed by atoms with E-state index in [1.165, 1.54) is 11.3 Å². The van der Waals surface area contributed by atoms with Crippen LogP contribution in [-0.2, 0) is 4.79 Å². The van der Waals surface area contributed by atoms with Gasteiger partial charge < -0.3 is 15.0 Å². The van der Waals surface area contributed by atoms with Crippen molar-refractivity contribution in [2.45, 2.75) is 58.0 Å². The van der Waals surface area contributed by atoms with Crippen LogP contribution in [0.25, 0.3) is 0 Å². The number of anilines is 1. The summed E-state index contributed by atoms with van der Waals surface area (Å²) in [5.41, 5.74) is 1.88. The maximum atomic E-state index is 13.6. The Morgan fingerprint density at radius 1 is 1.23 bits per heavy atom. The van der Waals surface area contributed by atoms with Gasteiger partial charge in [-0.2, -0.15) is 5.26 Å². The molecule has 4 rings (SSSR count). The minimum Gasteiger partial charge on any atom is -0.496 e. The Labute approximate surface area is 186 Å². The van der Waals surface area contributed by atoms with Gasteiger partial charge >= 0.3 is 0 Å². The van der Waals surface area contributed by atoms with Gasteiger partial charge in [-0.15, -0.1) is 11.3 Å². The second kappa shape index (κ2) is 8.72. The zero-order chi connectivity index (χ0) is 22.1. The molecule has 2 amide bonds. The number of benzene rings is 1. The molecule has 2 heterocycles. The zero-order valence-electron chi connectivity index (χ0n) is 18.1. The summed E-state index contributed by atoms with van der Waals surface area (Å²) in [6.07, 6.45) is 4.80. The van der Waals surface area contributed by atoms with E-state index in [9.17, 15) is 14.9 Å². The summed E-state index contributed by atoms with van der Waals surface area (Å²) in [7, 11) is 1.55. The van der Waals surface area contributed by atoms with Crippen LogP contribution in [0.4, 0.5) is 5.00 Å². The number of likely N-dealkylation sites (tertiary alicyclic amines) is 1. The standard InChI is InChI=1S/C24H27N3O3S/c1-14-15(2)31-23(18(14)13-25)26-22(28)20-12-16-8-4-6-10-19(16)27(20)24(29)17-9-5-7-11-21(17)30-3/h5,7,9,11,16,19-20H,4,6,8,10,12H2,1-3H3,(H,26,28)/t16-,19-,20-/m0/s1. The Morgan fingerprint density at radius 3 is 2.71 bits per heavy atom. The number of fused-ring (bicyclic) bond motifs is 1. The van der Waals surface area contributed by atoms with Gasteiger partial charge in [0.05, 0.1) is 18.2 Å². The second-order valence-electron chi connectivity index (χ2n) is 8.36. The highest BCUT2D eigenvalue weighted by atomic mass is 32.1. The number of aryl methyl sites for hydroxylation is 1. The number of hydrogen-bond donors (Lipinski definition) is 1. The van der Waals surface area contributed by atoms with E-state index in [-0.39, 0.29) is 17.9 Å². The number of carbonyl (C=O) groups excluding carboxylic acids is 2. The first-order chi connectivity index (χ1) is 15.0. The number of amides is 2. The number of para-hydroxylation sites is 1. The topological polar surface area (TPSA) is 82.4 Å². The SMILES string of the molecule is COc1ccccc1C(=O)N1[C@H](C(=O)Nc2sc(C)c(C)c2C#N)C[C@@H]2CCCC[C@@H]21. The van der Waals surface area contributed by atoms with Crippen molar-refractivity contribution in [3.8, 4) is 11.8 Å². The molecule has 162 valence electrons. The third-order valence-corrected chi connectivity index (χ3v) is 7.82. The van der Waals surface area contributed by atoms with Gasteiger partial charge in [-0.25, -0.2) is 0 Å². The number of nitrogens with zero attached hydrogens (tertiary/aromatic N) is 2. The van der Waals surface area contributed by atoms with Crippen LogP contribution in [0, 0.1) is 31.1 Å². The Bertz CT molecular complexity index is 1050. The summed E-state index contributed by atoms with van der Waals surface area (Å²) in [6, 6.07) is 8.88. The molecule has 0 unspecified atom stereocenters. The molecule has 3 atom stereocenters. The van der Waals surface area contributed by atoms with Gasteiger partial charge in [0.2, 0.25) is 5.91 Å². The minimum absolute atomic E-state index is 0.0594. The van der Waals surface area contributed by atoms with Crippen LogP contribution in [0.15, 0.2) is 24.3 Å². The van der Waals surface area contributed by atoms with Crippen LogP contribution in [0.3, 0.4) is 0 Å². The fourth-order valence-corrected chi connectivity index (χ4v) is 6.01. The highest BCUT2D eigenvalue weighted by Gasteiger charge is 2.48. The van der Waals surface area contributed by atoms with Crippen LogP contribution in [0.2, 0.25) is 0 Å². The average Bonchev–Trinajstić information content (AvgIpc) is 3.30. The van der Waals surface area contributed by atoms with Crippen LogP contribution < -0.4 is 10.1 Å². The third kappa shape index (κ3) is 3.81. The van der Waals surface area contributed by atoms with Gasteiger partial charge in [0.25, 0.3) is 5.91 Å². The number of ether oxygens (including phenoxy) is 1. The van der Waals surface area contributed by atoms with Crippen LogP contribution in [0.1, 0.15) is 58.5 Å². The first-order valence-corrected chi connectivity index (χ1v) is 11.5. The van der Waals surface area contributed by atoms with Gasteiger partial charge in [-0.05, 0) is 56.7 Å². The fourth-order valence-electron chi connectivity index (χ4n) is 4.99. The monoisotopic (exact) mass is 437 g/mol. The predicted octanol–water partition coefficient (Wildman–Crippen LogP) is 4.66. The number of thiophene rings is 1. The molecule has 1 aromatic carbocycles. The molecular formula is C24H27N3O3S. The number of carbonyl (C=O) groups is 2. The van der Waals surface area contributed by atoms with Gasteiger partial charge in [0.15, 0.2) is 0 Å². The van der Waals surface area contributed by atoms with Crippen LogP contribution in [-0.4, -0.2) is 35.9 Å². The van der Waals surface area contributed by atoms with Crippen molar-refractivity contribution in [1.82, 2.24) is 4.90 Å². The fraction of sp³-hybridized carbons (Fsp3) is 0.458. The lowest BCUT2D eigenvalue weighted by Crippen LogP contribution is -2.47. The van der Waals surface area contributed by atoms with Crippen molar-refractivity contribution in [3.05, 3.63) is 45.8 Å². The minimum atomic E-state index is -0.556. The number of nitrogens with one attached hydrogen (secondary N) is 1. The summed E-state index contributed by atoms with van der Waals surface area (Å²) in [4.78, 5) is 29.9. The van der Waals surface area contributed by atoms with E-state index < -0.39 is 6.04 Å². The Hall–Kier alpha value is -2.85. The predicted molar refractivity (Wildman–Crippen MR) is 120 cm³/mol. The van der Waals surface area contributed by atoms with Crippen molar-refractivity contribution in [3.63, 3.8) is 0 Å². The molecule has 2 aliphatic rings. The van der Waals surface area contributed by atoms with Gasteiger partial charge in [-0.1, -0.05) is 25.0 Å². The maximum Gasteiger partial charge on any atom is 0.258 e. The normalized spacial score (nSPS) is 22.5. The second-order valence-corrected chi connectivity index (χ2v) is 9.59. The maximum absolute atomic E-state index is 13.6. The summed E-state index contributed by atoms with van der Waals surface area (Å²) >= 11 is 1.41. The number of methoxy groups -OCH3 is 1. The lowest BCUT2D eigenvalue weighted by Gasteiger charge is -2.34. The molecule has 1 saturated heterocycles.